The molecule has 0 atom stereocenters. The molecule has 21 heavy (non-hydrogen) atoms. The molecule has 1 fully saturated rings. The number of nitrogens with zero attached hydrogens (tertiary/aromatic N) is 4. The van der Waals surface area contributed by atoms with E-state index in [2.05, 4.69) is 15.2 Å². The van der Waals surface area contributed by atoms with Crippen molar-refractivity contribution in [3.8, 4) is 0 Å². The van der Waals surface area contributed by atoms with Crippen molar-refractivity contribution in [2.24, 2.45) is 0 Å². The molecule has 0 saturated carbocycles. The summed E-state index contributed by atoms with van der Waals surface area (Å²) >= 11 is 5.90. The minimum atomic E-state index is -0.360. The van der Waals surface area contributed by atoms with Gasteiger partial charge in [0.25, 0.3) is 5.91 Å². The molecular weight excluding hydrogens is 297 g/mol. The van der Waals surface area contributed by atoms with E-state index in [1.165, 1.54) is 18.5 Å². The van der Waals surface area contributed by atoms with Crippen LogP contribution < -0.4 is 4.90 Å². The van der Waals surface area contributed by atoms with Crippen molar-refractivity contribution in [1.29, 1.82) is 0 Å². The number of hydrogen-bond acceptors (Lipinski definition) is 4. The quantitative estimate of drug-likeness (QED) is 0.914. The Balaban J connectivity index is 1.64. The first-order chi connectivity index (χ1) is 10.1. The largest absolute Gasteiger partial charge is 0.353 e. The number of hydrogen-bond donors (Lipinski definition) is 1. The molecule has 0 aliphatic carbocycles. The SMILES string of the molecule is O=C(c1[nH]ncc1Cl)N1CCN(c2ccc(F)cn2)CC1. The second-order valence-electron chi connectivity index (χ2n) is 4.71. The Morgan fingerprint density at radius 2 is 2.00 bits per heavy atom. The minimum Gasteiger partial charge on any atom is -0.353 e. The predicted molar refractivity (Wildman–Crippen MR) is 75.9 cm³/mol. The molecule has 3 heterocycles. The van der Waals surface area contributed by atoms with Gasteiger partial charge in [0.05, 0.1) is 17.4 Å². The van der Waals surface area contributed by atoms with E-state index in [0.29, 0.717) is 42.7 Å². The third kappa shape index (κ3) is 2.82. The van der Waals surface area contributed by atoms with Gasteiger partial charge in [-0.2, -0.15) is 5.10 Å². The fourth-order valence-electron chi connectivity index (χ4n) is 2.27. The number of nitrogens with one attached hydrogen (secondary N) is 1. The number of carbonyl (C=O) groups excluding carboxylic acids is 1. The molecule has 2 aromatic heterocycles. The van der Waals surface area contributed by atoms with E-state index in [9.17, 15) is 9.18 Å². The van der Waals surface area contributed by atoms with Crippen molar-refractivity contribution in [2.45, 2.75) is 0 Å². The summed E-state index contributed by atoms with van der Waals surface area (Å²) in [5.74, 6) is 0.189. The minimum absolute atomic E-state index is 0.163. The van der Waals surface area contributed by atoms with Gasteiger partial charge in [-0.25, -0.2) is 9.37 Å². The summed E-state index contributed by atoms with van der Waals surface area (Å²) in [6.45, 7) is 2.37. The Morgan fingerprint density at radius 3 is 2.57 bits per heavy atom. The molecule has 110 valence electrons. The number of halogens is 2. The van der Waals surface area contributed by atoms with E-state index in [0.717, 1.165) is 0 Å². The third-order valence-electron chi connectivity index (χ3n) is 3.41. The van der Waals surface area contributed by atoms with Crippen LogP contribution in [0.2, 0.25) is 5.02 Å². The highest BCUT2D eigenvalue weighted by Gasteiger charge is 2.25. The zero-order chi connectivity index (χ0) is 14.8. The Kier molecular flexibility index (Phi) is 3.74. The molecule has 0 radical (unpaired) electrons. The molecular formula is C13H13ClFN5O. The lowest BCUT2D eigenvalue weighted by Gasteiger charge is -2.35. The standard InChI is InChI=1S/C13H13ClFN5O/c14-10-8-17-18-12(10)13(21)20-5-3-19(4-6-20)11-2-1-9(15)7-16-11/h1-2,7-8H,3-6H2,(H,17,18). The topological polar surface area (TPSA) is 65.1 Å². The second kappa shape index (κ2) is 5.69. The number of carbonyl (C=O) groups is 1. The van der Waals surface area contributed by atoms with Gasteiger partial charge in [-0.1, -0.05) is 11.6 Å². The van der Waals surface area contributed by atoms with Crippen molar-refractivity contribution < 1.29 is 9.18 Å². The summed E-state index contributed by atoms with van der Waals surface area (Å²) in [7, 11) is 0. The molecule has 0 aromatic carbocycles. The number of rotatable bonds is 2. The van der Waals surface area contributed by atoms with E-state index >= 15 is 0 Å². The first-order valence-corrected chi connectivity index (χ1v) is 6.87. The van der Waals surface area contributed by atoms with E-state index in [1.54, 1.807) is 11.0 Å². The van der Waals surface area contributed by atoms with E-state index in [-0.39, 0.29) is 11.7 Å². The van der Waals surface area contributed by atoms with Crippen LogP contribution in [0.4, 0.5) is 10.2 Å². The number of aromatic amines is 1. The normalized spacial score (nSPS) is 15.3. The highest BCUT2D eigenvalue weighted by molar-refractivity contribution is 6.33. The summed E-state index contributed by atoms with van der Waals surface area (Å²) in [4.78, 5) is 20.0. The fraction of sp³-hybridized carbons (Fsp3) is 0.308. The van der Waals surface area contributed by atoms with E-state index < -0.39 is 0 Å². The third-order valence-corrected chi connectivity index (χ3v) is 3.70. The average Bonchev–Trinajstić information content (AvgIpc) is 2.94. The van der Waals surface area contributed by atoms with Crippen LogP contribution in [0.5, 0.6) is 0 Å². The molecule has 1 saturated heterocycles. The summed E-state index contributed by atoms with van der Waals surface area (Å²) < 4.78 is 12.9. The number of amides is 1. The fourth-order valence-corrected chi connectivity index (χ4v) is 2.45. The molecule has 0 unspecified atom stereocenters. The number of H-pyrrole nitrogens is 1. The molecule has 8 heteroatoms. The Labute approximate surface area is 125 Å². The maximum atomic E-state index is 12.9. The van der Waals surface area contributed by atoms with Crippen LogP contribution in [0.15, 0.2) is 24.5 Å². The first kappa shape index (κ1) is 13.8. The van der Waals surface area contributed by atoms with Gasteiger partial charge in [0.2, 0.25) is 0 Å². The molecule has 1 amide bonds. The van der Waals surface area contributed by atoms with Gasteiger partial charge in [0.15, 0.2) is 0 Å². The summed E-state index contributed by atoms with van der Waals surface area (Å²) in [5, 5.41) is 6.68. The number of aromatic nitrogens is 3. The van der Waals surface area contributed by atoms with Crippen LogP contribution in [-0.4, -0.2) is 52.2 Å². The average molecular weight is 310 g/mol. The zero-order valence-corrected chi connectivity index (χ0v) is 11.8. The number of piperazine rings is 1. The maximum absolute atomic E-state index is 12.9. The monoisotopic (exact) mass is 309 g/mol. The molecule has 6 nitrogen and oxygen atoms in total. The Bertz CT molecular complexity index is 636. The van der Waals surface area contributed by atoms with Crippen molar-refractivity contribution in [3.05, 3.63) is 41.1 Å². The van der Waals surface area contributed by atoms with Crippen LogP contribution in [0.3, 0.4) is 0 Å². The van der Waals surface area contributed by atoms with Crippen LogP contribution in [0.1, 0.15) is 10.5 Å². The molecule has 2 aromatic rings. The summed E-state index contributed by atoms with van der Waals surface area (Å²) in [6, 6.07) is 3.02. The molecule has 1 aliphatic rings. The van der Waals surface area contributed by atoms with E-state index in [1.807, 2.05) is 4.90 Å². The molecule has 3 rings (SSSR count). The lowest BCUT2D eigenvalue weighted by molar-refractivity contribution is 0.0740. The zero-order valence-electron chi connectivity index (χ0n) is 11.1. The molecule has 1 aliphatic heterocycles. The van der Waals surface area contributed by atoms with Crippen molar-refractivity contribution in [3.63, 3.8) is 0 Å². The van der Waals surface area contributed by atoms with Crippen molar-refractivity contribution in [2.75, 3.05) is 31.1 Å². The van der Waals surface area contributed by atoms with Crippen molar-refractivity contribution in [1.82, 2.24) is 20.1 Å². The Hall–Kier alpha value is -2.15. The van der Waals surface area contributed by atoms with Crippen molar-refractivity contribution >= 4 is 23.3 Å². The van der Waals surface area contributed by atoms with Crippen LogP contribution >= 0.6 is 11.6 Å². The van der Waals surface area contributed by atoms with Gasteiger partial charge in [0.1, 0.15) is 17.3 Å². The highest BCUT2D eigenvalue weighted by Crippen LogP contribution is 2.17. The molecule has 1 N–H and O–H groups in total. The van der Waals surface area contributed by atoms with Gasteiger partial charge in [-0.05, 0) is 12.1 Å². The lowest BCUT2D eigenvalue weighted by atomic mass is 10.2. The maximum Gasteiger partial charge on any atom is 0.273 e. The lowest BCUT2D eigenvalue weighted by Crippen LogP contribution is -2.49. The summed E-state index contributed by atoms with van der Waals surface area (Å²) in [6.07, 6.45) is 2.60. The van der Waals surface area contributed by atoms with Crippen LogP contribution in [-0.2, 0) is 0 Å². The smallest absolute Gasteiger partial charge is 0.273 e. The number of anilines is 1. The van der Waals surface area contributed by atoms with Gasteiger partial charge in [-0.3, -0.25) is 9.89 Å². The predicted octanol–water partition coefficient (Wildman–Crippen LogP) is 1.56. The second-order valence-corrected chi connectivity index (χ2v) is 5.11. The van der Waals surface area contributed by atoms with Crippen LogP contribution in [0, 0.1) is 5.82 Å². The Morgan fingerprint density at radius 1 is 1.24 bits per heavy atom. The highest BCUT2D eigenvalue weighted by atomic mass is 35.5. The first-order valence-electron chi connectivity index (χ1n) is 6.50. The molecule has 0 spiro atoms. The molecule has 0 bridgehead atoms. The van der Waals surface area contributed by atoms with Crippen LogP contribution in [0.25, 0.3) is 0 Å². The number of pyridine rings is 1. The van der Waals surface area contributed by atoms with Gasteiger partial charge in [-0.15, -0.1) is 0 Å². The van der Waals surface area contributed by atoms with Gasteiger partial charge >= 0.3 is 0 Å². The summed E-state index contributed by atoms with van der Waals surface area (Å²) in [5.41, 5.74) is 0.310. The van der Waals surface area contributed by atoms with Gasteiger partial charge in [0, 0.05) is 26.2 Å². The van der Waals surface area contributed by atoms with Gasteiger partial charge < -0.3 is 9.80 Å². The van der Waals surface area contributed by atoms with E-state index in [4.69, 9.17) is 11.6 Å².